The summed E-state index contributed by atoms with van der Waals surface area (Å²) < 4.78 is 78.6. The number of phenols is 1. The Labute approximate surface area is 318 Å². The Morgan fingerprint density at radius 2 is 1.28 bits per heavy atom. The van der Waals surface area contributed by atoms with Gasteiger partial charge in [0.2, 0.25) is 0 Å². The van der Waals surface area contributed by atoms with E-state index < -0.39 is 36.9 Å². The van der Waals surface area contributed by atoms with Gasteiger partial charge in [0.25, 0.3) is 0 Å². The van der Waals surface area contributed by atoms with Crippen molar-refractivity contribution in [2.45, 2.75) is 14.7 Å². The molecule has 292 valence electrons. The molecule has 4 aromatic rings. The lowest BCUT2D eigenvalue weighted by Gasteiger charge is -2.12. The molecule has 54 heavy (non-hydrogen) atoms. The molecule has 0 bridgehead atoms. The molecule has 0 amide bonds. The second-order valence-corrected chi connectivity index (χ2v) is 15.8. The van der Waals surface area contributed by atoms with Gasteiger partial charge in [-0.15, -0.1) is 28.3 Å². The number of phenolic OH excluding ortho intramolecular Hbond substituents is 1. The SMILES string of the molecule is COc1ccc(S(=O)(=O)CCOSOOO)cc1N=Nc1c(N)ccc2c(O)c(N=Nc3ccc(S(=O)(=O)CCOSOOO)cc3)c(SOOO)cc12. The van der Waals surface area contributed by atoms with E-state index >= 15 is 0 Å². The van der Waals surface area contributed by atoms with Crippen molar-refractivity contribution in [2.75, 3.05) is 37.6 Å². The van der Waals surface area contributed by atoms with Gasteiger partial charge in [-0.3, -0.25) is 8.37 Å². The minimum absolute atomic E-state index is 0.00237. The fourth-order valence-corrected chi connectivity index (χ4v) is 7.60. The summed E-state index contributed by atoms with van der Waals surface area (Å²) in [7, 11) is -6.35. The third-order valence-corrected chi connectivity index (χ3v) is 11.5. The first-order chi connectivity index (χ1) is 25.9. The number of nitrogens with two attached hydrogens (primary N) is 1. The number of hydrogen-bond donors (Lipinski definition) is 5. The topological polar surface area (TPSA) is 308 Å². The van der Waals surface area contributed by atoms with Crippen molar-refractivity contribution in [1.29, 1.82) is 0 Å². The van der Waals surface area contributed by atoms with Gasteiger partial charge in [-0.25, -0.2) is 32.6 Å². The summed E-state index contributed by atoms with van der Waals surface area (Å²) in [6.45, 7) is -0.604. The van der Waals surface area contributed by atoms with Gasteiger partial charge in [-0.1, -0.05) is 15.1 Å². The lowest BCUT2D eigenvalue weighted by molar-refractivity contribution is -0.434. The lowest BCUT2D eigenvalue weighted by Crippen LogP contribution is -2.11. The largest absolute Gasteiger partial charge is 0.505 e. The zero-order valence-electron chi connectivity index (χ0n) is 27.1. The van der Waals surface area contributed by atoms with E-state index in [1.54, 1.807) is 0 Å². The molecule has 0 saturated carbocycles. The van der Waals surface area contributed by atoms with Gasteiger partial charge >= 0.3 is 0 Å². The summed E-state index contributed by atoms with van der Waals surface area (Å²) in [6.07, 6.45) is 0. The zero-order chi connectivity index (χ0) is 39.1. The van der Waals surface area contributed by atoms with Crippen molar-refractivity contribution < 1.29 is 78.9 Å². The van der Waals surface area contributed by atoms with Crippen LogP contribution in [0.25, 0.3) is 10.8 Å². The van der Waals surface area contributed by atoms with Crippen LogP contribution in [0.2, 0.25) is 0 Å². The van der Waals surface area contributed by atoms with Crippen molar-refractivity contribution in [3.63, 3.8) is 0 Å². The average molecular weight is 854 g/mol. The Morgan fingerprint density at radius 1 is 0.685 bits per heavy atom. The number of methoxy groups -OCH3 is 1. The van der Waals surface area contributed by atoms with Gasteiger partial charge in [0.05, 0.1) is 69.9 Å². The van der Waals surface area contributed by atoms with Crippen LogP contribution in [0.3, 0.4) is 0 Å². The van der Waals surface area contributed by atoms with Crippen LogP contribution >= 0.6 is 36.7 Å². The molecule has 22 nitrogen and oxygen atoms in total. The molecule has 0 radical (unpaired) electrons. The highest BCUT2D eigenvalue weighted by atomic mass is 32.2. The van der Waals surface area contributed by atoms with Crippen molar-refractivity contribution in [2.24, 2.45) is 20.5 Å². The third kappa shape index (κ3) is 11.6. The van der Waals surface area contributed by atoms with E-state index in [1.165, 1.54) is 67.8 Å². The predicted molar refractivity (Wildman–Crippen MR) is 189 cm³/mol. The molecule has 0 aliphatic rings. The molecule has 0 fully saturated rings. The minimum atomic E-state index is -3.91. The van der Waals surface area contributed by atoms with Crippen molar-refractivity contribution in [3.05, 3.63) is 60.7 Å². The van der Waals surface area contributed by atoms with Gasteiger partial charge in [-0.2, -0.15) is 5.11 Å². The summed E-state index contributed by atoms with van der Waals surface area (Å²) in [5.41, 5.74) is 6.39. The first-order valence-corrected chi connectivity index (χ1v) is 19.7. The maximum Gasteiger partial charge on any atom is 0.197 e. The summed E-state index contributed by atoms with van der Waals surface area (Å²) >= 11 is 0.902. The summed E-state index contributed by atoms with van der Waals surface area (Å²) in [5, 5.41) is 63.8. The molecule has 0 aromatic heterocycles. The van der Waals surface area contributed by atoms with Crippen LogP contribution in [0.5, 0.6) is 11.5 Å². The molecule has 0 saturated heterocycles. The number of fused-ring (bicyclic) bond motifs is 1. The van der Waals surface area contributed by atoms with Gasteiger partial charge in [0, 0.05) is 10.8 Å². The number of anilines is 1. The molecule has 0 aliphatic heterocycles. The van der Waals surface area contributed by atoms with E-state index in [0.29, 0.717) is 12.0 Å². The van der Waals surface area contributed by atoms with Gasteiger partial charge < -0.3 is 15.6 Å². The lowest BCUT2D eigenvalue weighted by atomic mass is 10.1. The molecule has 4 rings (SSSR count). The quantitative estimate of drug-likeness (QED) is 0.0133. The molecule has 27 heteroatoms. The number of ether oxygens (including phenoxy) is 1. The molecule has 4 aromatic carbocycles. The van der Waals surface area contributed by atoms with Gasteiger partial charge in [0.1, 0.15) is 22.8 Å². The highest BCUT2D eigenvalue weighted by molar-refractivity contribution is 7.94. The summed E-state index contributed by atoms with van der Waals surface area (Å²) in [5.74, 6) is -1.18. The number of sulfone groups is 2. The van der Waals surface area contributed by atoms with E-state index in [4.69, 9.17) is 34.6 Å². The number of benzene rings is 4. The molecule has 0 atom stereocenters. The fourth-order valence-electron chi connectivity index (χ4n) is 4.27. The summed E-state index contributed by atoms with van der Waals surface area (Å²) in [6, 6.07) is 13.5. The van der Waals surface area contributed by atoms with E-state index in [0.717, 1.165) is 0 Å². The number of azo groups is 2. The first-order valence-electron chi connectivity index (χ1n) is 14.3. The van der Waals surface area contributed by atoms with Crippen LogP contribution in [0.4, 0.5) is 28.4 Å². The molecular formula is C27H27N5O17S5. The molecule has 6 N–H and O–H groups in total. The Bertz CT molecular complexity index is 2160. The molecule has 0 aliphatic carbocycles. The van der Waals surface area contributed by atoms with Gasteiger partial charge in [0.15, 0.2) is 50.1 Å². The third-order valence-electron chi connectivity index (χ3n) is 6.70. The normalized spacial score (nSPS) is 12.4. The van der Waals surface area contributed by atoms with E-state index in [2.05, 4.69) is 48.6 Å². The number of hydrogen-bond acceptors (Lipinski definition) is 25. The maximum atomic E-state index is 12.9. The predicted octanol–water partition coefficient (Wildman–Crippen LogP) is 6.94. The Kier molecular flexibility index (Phi) is 16.6. The van der Waals surface area contributed by atoms with Crippen LogP contribution in [0.1, 0.15) is 0 Å². The average Bonchev–Trinajstić information content (AvgIpc) is 3.16. The van der Waals surface area contributed by atoms with Crippen LogP contribution in [0, 0.1) is 0 Å². The highest BCUT2D eigenvalue weighted by Crippen LogP contribution is 2.48. The second-order valence-electron chi connectivity index (χ2n) is 9.83. The van der Waals surface area contributed by atoms with Crippen molar-refractivity contribution in [1.82, 2.24) is 0 Å². The van der Waals surface area contributed by atoms with Crippen molar-refractivity contribution >= 4 is 95.6 Å². The summed E-state index contributed by atoms with van der Waals surface area (Å²) in [4.78, 5) is -0.164. The van der Waals surface area contributed by atoms with Gasteiger partial charge in [-0.05, 0) is 60.7 Å². The van der Waals surface area contributed by atoms with E-state index in [9.17, 15) is 21.9 Å². The first kappa shape index (κ1) is 43.0. The molecular weight excluding hydrogens is 827 g/mol. The number of aromatic hydroxyl groups is 1. The number of nitrogens with zero attached hydrogens (tertiary/aromatic N) is 4. The smallest absolute Gasteiger partial charge is 0.197 e. The Balaban J connectivity index is 1.65. The van der Waals surface area contributed by atoms with Crippen LogP contribution in [-0.4, -0.2) is 69.5 Å². The zero-order valence-corrected chi connectivity index (χ0v) is 31.2. The molecule has 0 unspecified atom stereocenters. The van der Waals surface area contributed by atoms with Crippen LogP contribution < -0.4 is 10.5 Å². The Hall–Kier alpha value is -3.75. The fraction of sp³-hybridized carbons (Fsp3) is 0.185. The highest BCUT2D eigenvalue weighted by Gasteiger charge is 2.21. The standard InChI is InChI=1S/C27H27N5O17S5/c1-41-23-9-6-18(54(39,40)13-11-43-52-49-46-36)14-22(23)30-31-25-20-15-24(50-47-44-34)26(27(33)19(20)7-8-21(25)28)32-29-16-2-4-17(5-3-16)53(37,38)12-10-42-51-48-45-35/h2-9,14-15,33-36H,10-13,28H2,1H3. The number of nitrogen functional groups attached to an aromatic ring is 1. The Morgan fingerprint density at radius 3 is 1.89 bits per heavy atom. The van der Waals surface area contributed by atoms with Crippen molar-refractivity contribution in [3.8, 4) is 11.5 Å². The van der Waals surface area contributed by atoms with Crippen LogP contribution in [0.15, 0.2) is 95.8 Å². The monoisotopic (exact) mass is 853 g/mol. The number of rotatable bonds is 22. The van der Waals surface area contributed by atoms with Crippen LogP contribution in [-0.2, 0) is 56.2 Å². The minimum Gasteiger partial charge on any atom is -0.505 e. The van der Waals surface area contributed by atoms with E-state index in [1.807, 2.05) is 0 Å². The molecule has 0 heterocycles. The second kappa shape index (κ2) is 20.8. The molecule has 0 spiro atoms. The maximum absolute atomic E-state index is 12.9. The van der Waals surface area contributed by atoms with E-state index in [-0.39, 0.29) is 97.5 Å².